The lowest BCUT2D eigenvalue weighted by atomic mass is 9.85. The van der Waals surface area contributed by atoms with E-state index in [1.54, 1.807) is 0 Å². The van der Waals surface area contributed by atoms with Gasteiger partial charge in [0.1, 0.15) is 0 Å². The number of nitrogens with two attached hydrogens (primary N) is 1. The van der Waals surface area contributed by atoms with Gasteiger partial charge in [0.05, 0.1) is 6.04 Å². The summed E-state index contributed by atoms with van der Waals surface area (Å²) in [7, 11) is 0. The molecule has 2 aromatic rings. The Morgan fingerprint density at radius 1 is 1.05 bits per heavy atom. The van der Waals surface area contributed by atoms with Crippen LogP contribution in [0.4, 0.5) is 0 Å². The maximum Gasteiger partial charge on any atom is 0.0531 e. The maximum absolute atomic E-state index is 5.95. The molecule has 2 aromatic carbocycles. The number of hydrazine groups is 1. The number of nitrogens with one attached hydrogen (secondary N) is 1. The summed E-state index contributed by atoms with van der Waals surface area (Å²) in [5.41, 5.74) is 11.4. The van der Waals surface area contributed by atoms with E-state index in [0.717, 1.165) is 6.42 Å². The van der Waals surface area contributed by atoms with Crippen molar-refractivity contribution in [2.45, 2.75) is 45.6 Å². The Kier molecular flexibility index (Phi) is 3.83. The molecule has 0 spiro atoms. The molecule has 21 heavy (non-hydrogen) atoms. The third kappa shape index (κ3) is 2.50. The molecule has 2 atom stereocenters. The highest BCUT2D eigenvalue weighted by Crippen LogP contribution is 2.42. The maximum atomic E-state index is 5.95. The predicted octanol–water partition coefficient (Wildman–Crippen LogP) is 3.85. The molecule has 3 N–H and O–H groups in total. The van der Waals surface area contributed by atoms with Gasteiger partial charge in [-0.2, -0.15) is 0 Å². The molecule has 0 fully saturated rings. The minimum atomic E-state index is 0.188. The summed E-state index contributed by atoms with van der Waals surface area (Å²) in [6, 6.07) is 13.5. The van der Waals surface area contributed by atoms with Gasteiger partial charge in [-0.25, -0.2) is 0 Å². The molecule has 1 aliphatic carbocycles. The quantitative estimate of drug-likeness (QED) is 0.662. The second-order valence-corrected chi connectivity index (χ2v) is 6.28. The summed E-state index contributed by atoms with van der Waals surface area (Å²) < 4.78 is 0. The van der Waals surface area contributed by atoms with Gasteiger partial charge in [-0.15, -0.1) is 0 Å². The summed E-state index contributed by atoms with van der Waals surface area (Å²) >= 11 is 0. The minimum Gasteiger partial charge on any atom is -0.271 e. The number of benzene rings is 2. The third-order valence-corrected chi connectivity index (χ3v) is 4.98. The highest BCUT2D eigenvalue weighted by molar-refractivity contribution is 5.43. The molecule has 110 valence electrons. The van der Waals surface area contributed by atoms with E-state index in [0.29, 0.717) is 5.92 Å². The van der Waals surface area contributed by atoms with Crippen LogP contribution in [0.3, 0.4) is 0 Å². The fourth-order valence-corrected chi connectivity index (χ4v) is 3.68. The van der Waals surface area contributed by atoms with Gasteiger partial charge in [0, 0.05) is 5.92 Å². The van der Waals surface area contributed by atoms with Crippen LogP contribution >= 0.6 is 0 Å². The van der Waals surface area contributed by atoms with Crippen molar-refractivity contribution < 1.29 is 0 Å². The van der Waals surface area contributed by atoms with E-state index in [-0.39, 0.29) is 6.04 Å². The first-order valence-electron chi connectivity index (χ1n) is 7.73. The molecule has 0 saturated carbocycles. The highest BCUT2D eigenvalue weighted by Gasteiger charge is 2.30. The van der Waals surface area contributed by atoms with Crippen LogP contribution in [0, 0.1) is 20.8 Å². The fraction of sp³-hybridized carbons (Fsp3) is 0.368. The average molecular weight is 280 g/mol. The van der Waals surface area contributed by atoms with E-state index in [1.807, 2.05) is 0 Å². The molecule has 3 rings (SSSR count). The van der Waals surface area contributed by atoms with Gasteiger partial charge in [0.15, 0.2) is 0 Å². The van der Waals surface area contributed by atoms with Gasteiger partial charge in [-0.3, -0.25) is 11.3 Å². The molecule has 0 saturated heterocycles. The molecule has 0 aromatic heterocycles. The summed E-state index contributed by atoms with van der Waals surface area (Å²) in [5.74, 6) is 6.41. The smallest absolute Gasteiger partial charge is 0.0531 e. The first-order chi connectivity index (χ1) is 10.1. The lowest BCUT2D eigenvalue weighted by molar-refractivity contribution is 0.451. The zero-order chi connectivity index (χ0) is 15.0. The number of fused-ring (bicyclic) bond motifs is 1. The number of rotatable bonds is 3. The zero-order valence-corrected chi connectivity index (χ0v) is 13.1. The van der Waals surface area contributed by atoms with Crippen LogP contribution in [-0.4, -0.2) is 0 Å². The molecule has 2 nitrogen and oxygen atoms in total. The van der Waals surface area contributed by atoms with Crippen LogP contribution < -0.4 is 11.3 Å². The van der Waals surface area contributed by atoms with Crippen molar-refractivity contribution in [1.29, 1.82) is 0 Å². The van der Waals surface area contributed by atoms with Crippen LogP contribution in [0.25, 0.3) is 0 Å². The van der Waals surface area contributed by atoms with Crippen molar-refractivity contribution in [3.05, 3.63) is 69.8 Å². The molecule has 2 unspecified atom stereocenters. The Labute approximate surface area is 127 Å². The summed E-state index contributed by atoms with van der Waals surface area (Å²) in [6.45, 7) is 6.53. The average Bonchev–Trinajstić information content (AvgIpc) is 2.89. The molecule has 0 amide bonds. The van der Waals surface area contributed by atoms with Crippen molar-refractivity contribution in [3.8, 4) is 0 Å². The van der Waals surface area contributed by atoms with Gasteiger partial charge >= 0.3 is 0 Å². The standard InChI is InChI=1S/C19H24N2/c1-12-10-14(3)18(11-13(12)2)19(21-20)17-9-8-15-6-4-5-7-16(15)17/h4-7,10-11,17,19,21H,8-9,20H2,1-3H3. The van der Waals surface area contributed by atoms with Crippen molar-refractivity contribution in [3.63, 3.8) is 0 Å². The van der Waals surface area contributed by atoms with Crippen molar-refractivity contribution in [1.82, 2.24) is 5.43 Å². The van der Waals surface area contributed by atoms with E-state index in [1.165, 1.54) is 39.8 Å². The Bertz CT molecular complexity index is 661. The Morgan fingerprint density at radius 2 is 1.76 bits per heavy atom. The van der Waals surface area contributed by atoms with E-state index in [9.17, 15) is 0 Å². The highest BCUT2D eigenvalue weighted by atomic mass is 15.2. The van der Waals surface area contributed by atoms with Gasteiger partial charge in [0.2, 0.25) is 0 Å². The first-order valence-corrected chi connectivity index (χ1v) is 7.73. The first kappa shape index (κ1) is 14.3. The topological polar surface area (TPSA) is 38.0 Å². The van der Waals surface area contributed by atoms with E-state index < -0.39 is 0 Å². The van der Waals surface area contributed by atoms with Gasteiger partial charge in [-0.05, 0) is 67.0 Å². The van der Waals surface area contributed by atoms with Crippen LogP contribution in [0.15, 0.2) is 36.4 Å². The lowest BCUT2D eigenvalue weighted by Crippen LogP contribution is -2.32. The Hall–Kier alpha value is -1.64. The number of hydrogen-bond acceptors (Lipinski definition) is 2. The normalized spacial score (nSPS) is 18.6. The molecule has 0 radical (unpaired) electrons. The Balaban J connectivity index is 2.03. The molecular weight excluding hydrogens is 256 g/mol. The van der Waals surface area contributed by atoms with E-state index >= 15 is 0 Å². The molecule has 0 bridgehead atoms. The van der Waals surface area contributed by atoms with Crippen LogP contribution in [0.5, 0.6) is 0 Å². The number of hydrogen-bond donors (Lipinski definition) is 2. The minimum absolute atomic E-state index is 0.188. The molecule has 2 heteroatoms. The fourth-order valence-electron chi connectivity index (χ4n) is 3.68. The van der Waals surface area contributed by atoms with E-state index in [4.69, 9.17) is 5.84 Å². The van der Waals surface area contributed by atoms with Crippen LogP contribution in [0.1, 0.15) is 51.8 Å². The largest absolute Gasteiger partial charge is 0.271 e. The predicted molar refractivity (Wildman–Crippen MR) is 88.2 cm³/mol. The summed E-state index contributed by atoms with van der Waals surface area (Å²) in [6.07, 6.45) is 2.32. The van der Waals surface area contributed by atoms with Crippen molar-refractivity contribution in [2.75, 3.05) is 0 Å². The number of aryl methyl sites for hydroxylation is 4. The SMILES string of the molecule is Cc1cc(C)c(C(NN)C2CCc3ccccc32)cc1C. The lowest BCUT2D eigenvalue weighted by Gasteiger charge is -2.26. The van der Waals surface area contributed by atoms with Crippen LogP contribution in [-0.2, 0) is 6.42 Å². The van der Waals surface area contributed by atoms with Crippen molar-refractivity contribution in [2.24, 2.45) is 5.84 Å². The monoisotopic (exact) mass is 280 g/mol. The Morgan fingerprint density at radius 3 is 2.52 bits per heavy atom. The van der Waals surface area contributed by atoms with Crippen molar-refractivity contribution >= 4 is 0 Å². The summed E-state index contributed by atoms with van der Waals surface area (Å²) in [5, 5.41) is 0. The zero-order valence-electron chi connectivity index (χ0n) is 13.1. The van der Waals surface area contributed by atoms with Crippen LogP contribution in [0.2, 0.25) is 0 Å². The molecule has 0 heterocycles. The van der Waals surface area contributed by atoms with Gasteiger partial charge in [-0.1, -0.05) is 36.4 Å². The summed E-state index contributed by atoms with van der Waals surface area (Å²) in [4.78, 5) is 0. The molecule has 0 aliphatic heterocycles. The molecular formula is C19H24N2. The van der Waals surface area contributed by atoms with Gasteiger partial charge < -0.3 is 0 Å². The van der Waals surface area contributed by atoms with E-state index in [2.05, 4.69) is 62.6 Å². The molecule has 1 aliphatic rings. The third-order valence-electron chi connectivity index (χ3n) is 4.98. The van der Waals surface area contributed by atoms with Gasteiger partial charge in [0.25, 0.3) is 0 Å². The second kappa shape index (κ2) is 5.63. The second-order valence-electron chi connectivity index (χ2n) is 6.28.